The third-order valence-corrected chi connectivity index (χ3v) is 1.98. The minimum Gasteiger partial charge on any atom is -0.305 e. The van der Waals surface area contributed by atoms with E-state index in [9.17, 15) is 4.39 Å². The molecule has 1 aromatic rings. The summed E-state index contributed by atoms with van der Waals surface area (Å²) >= 11 is 0. The van der Waals surface area contributed by atoms with Crippen molar-refractivity contribution in [1.82, 2.24) is 20.1 Å². The Hall–Kier alpha value is -0.970. The third kappa shape index (κ3) is 4.38. The number of nitrogens with zero attached hydrogens (tertiary/aromatic N) is 3. The van der Waals surface area contributed by atoms with Crippen molar-refractivity contribution in [3.05, 3.63) is 12.2 Å². The Morgan fingerprint density at radius 3 is 2.80 bits per heavy atom. The van der Waals surface area contributed by atoms with Crippen LogP contribution in [0.25, 0.3) is 0 Å². The maximum absolute atomic E-state index is 12.0. The number of alkyl halides is 1. The number of rotatable bonds is 5. The van der Waals surface area contributed by atoms with E-state index < -0.39 is 0 Å². The first-order chi connectivity index (χ1) is 7.03. The van der Waals surface area contributed by atoms with E-state index in [4.69, 9.17) is 0 Å². The second-order valence-electron chi connectivity index (χ2n) is 4.55. The molecule has 1 heterocycles. The Kier molecular flexibility index (Phi) is 4.20. The number of halogens is 1. The molecule has 0 radical (unpaired) electrons. The van der Waals surface area contributed by atoms with Gasteiger partial charge in [0.25, 0.3) is 0 Å². The van der Waals surface area contributed by atoms with Crippen LogP contribution in [0.2, 0.25) is 0 Å². The van der Waals surface area contributed by atoms with Crippen LogP contribution in [0.1, 0.15) is 33.0 Å². The number of aryl methyl sites for hydroxylation is 1. The third-order valence-electron chi connectivity index (χ3n) is 1.98. The van der Waals surface area contributed by atoms with Crippen molar-refractivity contribution in [1.29, 1.82) is 0 Å². The Bertz CT molecular complexity index is 290. The van der Waals surface area contributed by atoms with Crippen molar-refractivity contribution in [2.45, 2.75) is 45.8 Å². The van der Waals surface area contributed by atoms with Crippen molar-refractivity contribution >= 4 is 0 Å². The van der Waals surface area contributed by atoms with E-state index in [-0.39, 0.29) is 12.2 Å². The first kappa shape index (κ1) is 12.1. The number of hydrogen-bond acceptors (Lipinski definition) is 3. The van der Waals surface area contributed by atoms with Crippen LogP contribution in [0.3, 0.4) is 0 Å². The lowest BCUT2D eigenvalue weighted by molar-refractivity contribution is 0.395. The predicted molar refractivity (Wildman–Crippen MR) is 57.2 cm³/mol. The van der Waals surface area contributed by atoms with Crippen molar-refractivity contribution in [2.75, 3.05) is 6.67 Å². The summed E-state index contributed by atoms with van der Waals surface area (Å²) < 4.78 is 13.8. The monoisotopic (exact) mass is 214 g/mol. The first-order valence-electron chi connectivity index (χ1n) is 5.20. The van der Waals surface area contributed by atoms with Crippen molar-refractivity contribution < 1.29 is 4.39 Å². The van der Waals surface area contributed by atoms with Gasteiger partial charge in [-0.1, -0.05) is 0 Å². The van der Waals surface area contributed by atoms with E-state index in [0.717, 1.165) is 5.82 Å². The smallest absolute Gasteiger partial charge is 0.140 e. The summed E-state index contributed by atoms with van der Waals surface area (Å²) in [7, 11) is 0. The fourth-order valence-corrected chi connectivity index (χ4v) is 1.17. The molecule has 1 aromatic heterocycles. The molecule has 1 N–H and O–H groups in total. The predicted octanol–water partition coefficient (Wildman–Crippen LogP) is 1.53. The lowest BCUT2D eigenvalue weighted by Gasteiger charge is -2.20. The minimum absolute atomic E-state index is 0.0525. The van der Waals surface area contributed by atoms with Crippen LogP contribution in [0, 0.1) is 0 Å². The molecular formula is C10H19FN4. The Balaban J connectivity index is 2.50. The van der Waals surface area contributed by atoms with Gasteiger partial charge < -0.3 is 5.32 Å². The van der Waals surface area contributed by atoms with E-state index in [1.807, 2.05) is 0 Å². The summed E-state index contributed by atoms with van der Waals surface area (Å²) in [4.78, 5) is 4.14. The summed E-state index contributed by atoms with van der Waals surface area (Å²) in [5.41, 5.74) is 0.0525. The van der Waals surface area contributed by atoms with Gasteiger partial charge in [0, 0.05) is 12.1 Å². The van der Waals surface area contributed by atoms with E-state index in [2.05, 4.69) is 36.2 Å². The number of aromatic nitrogens is 3. The second kappa shape index (κ2) is 5.21. The molecule has 0 aliphatic rings. The van der Waals surface area contributed by atoms with Crippen LogP contribution in [-0.4, -0.2) is 27.0 Å². The quantitative estimate of drug-likeness (QED) is 0.808. The Labute approximate surface area is 89.9 Å². The maximum atomic E-state index is 12.0. The second-order valence-corrected chi connectivity index (χ2v) is 4.55. The average Bonchev–Trinajstić information content (AvgIpc) is 2.57. The SMILES string of the molecule is CC(C)(C)NCc1ncnn1CCCF. The highest BCUT2D eigenvalue weighted by Gasteiger charge is 2.11. The molecule has 15 heavy (non-hydrogen) atoms. The van der Waals surface area contributed by atoms with E-state index in [0.29, 0.717) is 19.5 Å². The summed E-state index contributed by atoms with van der Waals surface area (Å²) in [6, 6.07) is 0. The standard InChI is InChI=1S/C10H19FN4/c1-10(2,3)13-7-9-12-8-14-15(9)6-4-5-11/h8,13H,4-7H2,1-3H3. The zero-order valence-electron chi connectivity index (χ0n) is 9.63. The topological polar surface area (TPSA) is 42.7 Å². The molecule has 0 amide bonds. The normalized spacial score (nSPS) is 12.0. The molecule has 0 unspecified atom stereocenters. The highest BCUT2D eigenvalue weighted by molar-refractivity contribution is 4.86. The van der Waals surface area contributed by atoms with Crippen LogP contribution in [0.5, 0.6) is 0 Å². The van der Waals surface area contributed by atoms with Gasteiger partial charge in [-0.2, -0.15) is 5.10 Å². The van der Waals surface area contributed by atoms with Gasteiger partial charge in [0.05, 0.1) is 13.2 Å². The van der Waals surface area contributed by atoms with E-state index in [1.165, 1.54) is 6.33 Å². The van der Waals surface area contributed by atoms with Crippen LogP contribution in [0.4, 0.5) is 4.39 Å². The van der Waals surface area contributed by atoms with Gasteiger partial charge in [0.2, 0.25) is 0 Å². The molecule has 0 atom stereocenters. The molecule has 0 bridgehead atoms. The number of hydrogen-bond donors (Lipinski definition) is 1. The van der Waals surface area contributed by atoms with Crippen LogP contribution in [-0.2, 0) is 13.1 Å². The van der Waals surface area contributed by atoms with Crippen molar-refractivity contribution in [3.8, 4) is 0 Å². The fraction of sp³-hybridized carbons (Fsp3) is 0.800. The summed E-state index contributed by atoms with van der Waals surface area (Å²) in [6.45, 7) is 7.22. The molecule has 86 valence electrons. The van der Waals surface area contributed by atoms with Gasteiger partial charge in [-0.25, -0.2) is 9.67 Å². The molecule has 0 aromatic carbocycles. The Morgan fingerprint density at radius 2 is 2.20 bits per heavy atom. The molecular weight excluding hydrogens is 195 g/mol. The van der Waals surface area contributed by atoms with Gasteiger partial charge in [-0.15, -0.1) is 0 Å². The zero-order valence-corrected chi connectivity index (χ0v) is 9.63. The van der Waals surface area contributed by atoms with E-state index >= 15 is 0 Å². The molecule has 4 nitrogen and oxygen atoms in total. The first-order valence-corrected chi connectivity index (χ1v) is 5.20. The highest BCUT2D eigenvalue weighted by atomic mass is 19.1. The lowest BCUT2D eigenvalue weighted by atomic mass is 10.1. The molecule has 5 heteroatoms. The molecule has 0 spiro atoms. The maximum Gasteiger partial charge on any atom is 0.140 e. The highest BCUT2D eigenvalue weighted by Crippen LogP contribution is 2.02. The summed E-state index contributed by atoms with van der Waals surface area (Å²) in [6.07, 6.45) is 2.00. The van der Waals surface area contributed by atoms with Gasteiger partial charge in [0.15, 0.2) is 0 Å². The van der Waals surface area contributed by atoms with Crippen molar-refractivity contribution in [2.24, 2.45) is 0 Å². The fourth-order valence-electron chi connectivity index (χ4n) is 1.17. The van der Waals surface area contributed by atoms with Gasteiger partial charge in [-0.3, -0.25) is 4.39 Å². The summed E-state index contributed by atoms with van der Waals surface area (Å²) in [5, 5.41) is 7.38. The molecule has 1 rings (SSSR count). The van der Waals surface area contributed by atoms with Crippen LogP contribution in [0.15, 0.2) is 6.33 Å². The van der Waals surface area contributed by atoms with Crippen molar-refractivity contribution in [3.63, 3.8) is 0 Å². The average molecular weight is 214 g/mol. The molecule has 0 saturated heterocycles. The van der Waals surface area contributed by atoms with Gasteiger partial charge in [0.1, 0.15) is 12.2 Å². The molecule has 0 saturated carbocycles. The van der Waals surface area contributed by atoms with E-state index in [1.54, 1.807) is 4.68 Å². The van der Waals surface area contributed by atoms with Crippen LogP contribution < -0.4 is 5.32 Å². The minimum atomic E-state index is -0.313. The molecule has 0 fully saturated rings. The zero-order chi connectivity index (χ0) is 11.3. The largest absolute Gasteiger partial charge is 0.305 e. The van der Waals surface area contributed by atoms with Gasteiger partial charge in [-0.05, 0) is 27.2 Å². The molecule has 0 aliphatic heterocycles. The van der Waals surface area contributed by atoms with Crippen LogP contribution >= 0.6 is 0 Å². The number of nitrogens with one attached hydrogen (secondary N) is 1. The molecule has 0 aliphatic carbocycles. The Morgan fingerprint density at radius 1 is 1.47 bits per heavy atom. The van der Waals surface area contributed by atoms with Gasteiger partial charge >= 0.3 is 0 Å². The lowest BCUT2D eigenvalue weighted by Crippen LogP contribution is -2.36. The summed E-state index contributed by atoms with van der Waals surface area (Å²) in [5.74, 6) is 0.860.